The fraction of sp³-hybridized carbons (Fsp3) is 1.00. The molecule has 1 aliphatic heterocycles. The van der Waals surface area contributed by atoms with Gasteiger partial charge in [0.25, 0.3) is 0 Å². The van der Waals surface area contributed by atoms with Crippen LogP contribution in [0.5, 0.6) is 0 Å². The van der Waals surface area contributed by atoms with Crippen LogP contribution in [0.25, 0.3) is 0 Å². The minimum Gasteiger partial charge on any atom is -0.229 e. The van der Waals surface area contributed by atoms with E-state index in [0.717, 1.165) is 24.7 Å². The number of sulfone groups is 1. The van der Waals surface area contributed by atoms with Gasteiger partial charge < -0.3 is 0 Å². The van der Waals surface area contributed by atoms with E-state index in [-0.39, 0.29) is 0 Å². The highest BCUT2D eigenvalue weighted by atomic mass is 32.2. The summed E-state index contributed by atoms with van der Waals surface area (Å²) in [7, 11) is -2.66. The zero-order chi connectivity index (χ0) is 9.69. The lowest BCUT2D eigenvalue weighted by molar-refractivity contribution is 0.358. The van der Waals surface area contributed by atoms with E-state index in [1.165, 1.54) is 6.42 Å². The summed E-state index contributed by atoms with van der Waals surface area (Å²) in [6, 6.07) is 0. The van der Waals surface area contributed by atoms with Crippen molar-refractivity contribution >= 4 is 9.84 Å². The van der Waals surface area contributed by atoms with Crippen molar-refractivity contribution < 1.29 is 8.42 Å². The molecular weight excluding hydrogens is 184 g/mol. The lowest BCUT2D eigenvalue weighted by atomic mass is 9.92. The molecule has 0 N–H and O–H groups in total. The third kappa shape index (κ3) is 1.63. The minimum atomic E-state index is -2.66. The summed E-state index contributed by atoms with van der Waals surface area (Å²) < 4.78 is 22.5. The van der Waals surface area contributed by atoms with E-state index in [1.54, 1.807) is 0 Å². The van der Waals surface area contributed by atoms with E-state index in [9.17, 15) is 8.42 Å². The molecule has 2 rings (SSSR count). The molecule has 0 bridgehead atoms. The molecular formula is C10H18O2S. The van der Waals surface area contributed by atoms with Gasteiger partial charge in [0.05, 0.1) is 11.5 Å². The summed E-state index contributed by atoms with van der Waals surface area (Å²) in [5.74, 6) is 2.43. The molecule has 2 aliphatic rings. The maximum Gasteiger partial charge on any atom is 0.150 e. The first-order valence-electron chi connectivity index (χ1n) is 5.16. The maximum atomic E-state index is 11.2. The summed E-state index contributed by atoms with van der Waals surface area (Å²) in [4.78, 5) is 0. The van der Waals surface area contributed by atoms with Gasteiger partial charge in [-0.25, -0.2) is 8.42 Å². The number of rotatable bonds is 1. The van der Waals surface area contributed by atoms with Gasteiger partial charge in [-0.3, -0.25) is 0 Å². The van der Waals surface area contributed by atoms with Gasteiger partial charge in [-0.1, -0.05) is 13.8 Å². The van der Waals surface area contributed by atoms with Crippen LogP contribution >= 0.6 is 0 Å². The van der Waals surface area contributed by atoms with E-state index in [1.807, 2.05) is 0 Å². The van der Waals surface area contributed by atoms with Crippen LogP contribution < -0.4 is 0 Å². The molecule has 1 saturated carbocycles. The molecule has 2 nitrogen and oxygen atoms in total. The van der Waals surface area contributed by atoms with Crippen molar-refractivity contribution in [3.63, 3.8) is 0 Å². The molecule has 0 radical (unpaired) electrons. The van der Waals surface area contributed by atoms with Gasteiger partial charge in [-0.2, -0.15) is 0 Å². The Labute approximate surface area is 80.6 Å². The second-order valence-electron chi connectivity index (χ2n) is 5.07. The molecule has 0 aromatic rings. The maximum absolute atomic E-state index is 11.2. The molecule has 76 valence electrons. The second kappa shape index (κ2) is 2.72. The standard InChI is InChI=1S/C10H18O2S/c1-8(2)9-7-10(9)3-5-13(11,12)6-4-10/h8-9H,3-7H2,1-2H3/t9-/m1/s1. The predicted molar refractivity (Wildman–Crippen MR) is 53.3 cm³/mol. The van der Waals surface area contributed by atoms with E-state index in [4.69, 9.17) is 0 Å². The fourth-order valence-electron chi connectivity index (χ4n) is 2.84. The van der Waals surface area contributed by atoms with Gasteiger partial charge in [0.1, 0.15) is 9.84 Å². The van der Waals surface area contributed by atoms with Crippen LogP contribution in [0.1, 0.15) is 33.1 Å². The van der Waals surface area contributed by atoms with Gasteiger partial charge in [-0.15, -0.1) is 0 Å². The molecule has 1 atom stereocenters. The van der Waals surface area contributed by atoms with Gasteiger partial charge in [0, 0.05) is 0 Å². The summed E-state index contributed by atoms with van der Waals surface area (Å²) in [5.41, 5.74) is 0.444. The first kappa shape index (κ1) is 9.50. The van der Waals surface area contributed by atoms with Crippen molar-refractivity contribution in [2.24, 2.45) is 17.3 Å². The van der Waals surface area contributed by atoms with E-state index < -0.39 is 9.84 Å². The molecule has 0 unspecified atom stereocenters. The van der Waals surface area contributed by atoms with E-state index in [0.29, 0.717) is 16.9 Å². The molecule has 3 heteroatoms. The van der Waals surface area contributed by atoms with Crippen molar-refractivity contribution in [1.82, 2.24) is 0 Å². The van der Waals surface area contributed by atoms with Crippen molar-refractivity contribution in [3.8, 4) is 0 Å². The van der Waals surface area contributed by atoms with Crippen molar-refractivity contribution in [1.29, 1.82) is 0 Å². The zero-order valence-electron chi connectivity index (χ0n) is 8.41. The van der Waals surface area contributed by atoms with Crippen LogP contribution in [0, 0.1) is 17.3 Å². The van der Waals surface area contributed by atoms with Crippen LogP contribution in [0.4, 0.5) is 0 Å². The number of hydrogen-bond donors (Lipinski definition) is 0. The smallest absolute Gasteiger partial charge is 0.150 e. The minimum absolute atomic E-state index is 0.441. The van der Waals surface area contributed by atoms with Crippen LogP contribution in [-0.4, -0.2) is 19.9 Å². The third-order valence-electron chi connectivity index (χ3n) is 3.88. The zero-order valence-corrected chi connectivity index (χ0v) is 9.23. The molecule has 1 heterocycles. The third-order valence-corrected chi connectivity index (χ3v) is 5.53. The summed E-state index contributed by atoms with van der Waals surface area (Å²) in [6.07, 6.45) is 3.14. The average Bonchev–Trinajstić information content (AvgIpc) is 2.72. The monoisotopic (exact) mass is 202 g/mol. The summed E-state index contributed by atoms with van der Waals surface area (Å²) >= 11 is 0. The quantitative estimate of drug-likeness (QED) is 0.650. The Balaban J connectivity index is 2.01. The fourth-order valence-corrected chi connectivity index (χ4v) is 4.48. The topological polar surface area (TPSA) is 34.1 Å². The van der Waals surface area contributed by atoms with Crippen molar-refractivity contribution in [3.05, 3.63) is 0 Å². The Hall–Kier alpha value is -0.0500. The highest BCUT2D eigenvalue weighted by Crippen LogP contribution is 2.62. The Bertz CT molecular complexity index is 289. The molecule has 13 heavy (non-hydrogen) atoms. The van der Waals surface area contributed by atoms with Crippen LogP contribution in [0.15, 0.2) is 0 Å². The highest BCUT2D eigenvalue weighted by molar-refractivity contribution is 7.91. The molecule has 0 aromatic heterocycles. The Morgan fingerprint density at radius 1 is 1.23 bits per heavy atom. The van der Waals surface area contributed by atoms with Gasteiger partial charge in [0.2, 0.25) is 0 Å². The Kier molecular flexibility index (Phi) is 1.99. The first-order chi connectivity index (χ1) is 5.95. The second-order valence-corrected chi connectivity index (χ2v) is 7.37. The molecule has 1 aliphatic carbocycles. The van der Waals surface area contributed by atoms with Crippen molar-refractivity contribution in [2.45, 2.75) is 33.1 Å². The molecule has 0 amide bonds. The number of hydrogen-bond acceptors (Lipinski definition) is 2. The van der Waals surface area contributed by atoms with Crippen LogP contribution in [0.2, 0.25) is 0 Å². The first-order valence-corrected chi connectivity index (χ1v) is 6.98. The van der Waals surface area contributed by atoms with Gasteiger partial charge >= 0.3 is 0 Å². The van der Waals surface area contributed by atoms with Crippen molar-refractivity contribution in [2.75, 3.05) is 11.5 Å². The Morgan fingerprint density at radius 2 is 1.77 bits per heavy atom. The molecule has 0 aromatic carbocycles. The normalized spacial score (nSPS) is 35.2. The van der Waals surface area contributed by atoms with Crippen LogP contribution in [0.3, 0.4) is 0 Å². The lowest BCUT2D eigenvalue weighted by Gasteiger charge is -2.23. The Morgan fingerprint density at radius 3 is 2.15 bits per heavy atom. The average molecular weight is 202 g/mol. The summed E-state index contributed by atoms with van der Waals surface area (Å²) in [5, 5.41) is 0. The summed E-state index contributed by atoms with van der Waals surface area (Å²) in [6.45, 7) is 4.51. The molecule has 1 spiro atoms. The molecule has 1 saturated heterocycles. The van der Waals surface area contributed by atoms with E-state index >= 15 is 0 Å². The van der Waals surface area contributed by atoms with Gasteiger partial charge in [-0.05, 0) is 36.5 Å². The largest absolute Gasteiger partial charge is 0.229 e. The predicted octanol–water partition coefficient (Wildman–Crippen LogP) is 1.86. The van der Waals surface area contributed by atoms with Gasteiger partial charge in [0.15, 0.2) is 0 Å². The van der Waals surface area contributed by atoms with E-state index in [2.05, 4.69) is 13.8 Å². The SMILES string of the molecule is CC(C)[C@H]1CC12CCS(=O)(=O)CC2. The van der Waals surface area contributed by atoms with Crippen LogP contribution in [-0.2, 0) is 9.84 Å². The lowest BCUT2D eigenvalue weighted by Crippen LogP contribution is -2.26. The molecule has 2 fully saturated rings. The highest BCUT2D eigenvalue weighted by Gasteiger charge is 2.56.